The van der Waals surface area contributed by atoms with Crippen molar-refractivity contribution in [2.75, 3.05) is 11.9 Å². The molecule has 1 amide bonds. The maximum Gasteiger partial charge on any atom is 0.255 e. The van der Waals surface area contributed by atoms with Crippen LogP contribution in [0.15, 0.2) is 30.6 Å². The van der Waals surface area contributed by atoms with Crippen LogP contribution in [-0.4, -0.2) is 22.2 Å². The maximum atomic E-state index is 12.1. The minimum atomic E-state index is -0.245. The summed E-state index contributed by atoms with van der Waals surface area (Å²) < 4.78 is 1.73. The average molecular weight is 303 g/mol. The van der Waals surface area contributed by atoms with Crippen LogP contribution in [0, 0.1) is 11.8 Å². The zero-order chi connectivity index (χ0) is 15.2. The van der Waals surface area contributed by atoms with E-state index < -0.39 is 0 Å². The van der Waals surface area contributed by atoms with Crippen LogP contribution in [0.3, 0.4) is 0 Å². The molecular weight excluding hydrogens is 288 g/mol. The molecule has 0 unspecified atom stereocenters. The quantitative estimate of drug-likeness (QED) is 0.853. The second-order valence-corrected chi connectivity index (χ2v) is 4.65. The maximum absolute atomic E-state index is 12.1. The molecule has 0 radical (unpaired) electrons. The molecule has 1 heterocycles. The number of carbonyl (C=O) groups is 1. The Labute approximate surface area is 128 Å². The predicted octanol–water partition coefficient (Wildman–Crippen LogP) is 2.12. The highest BCUT2D eigenvalue weighted by Crippen LogP contribution is 2.18. The van der Waals surface area contributed by atoms with Gasteiger partial charge in [0.2, 0.25) is 0 Å². The molecule has 0 spiro atoms. The predicted molar refractivity (Wildman–Crippen MR) is 83.2 cm³/mol. The first-order valence-electron chi connectivity index (χ1n) is 6.46. The Kier molecular flexibility index (Phi) is 4.99. The Morgan fingerprint density at radius 3 is 2.95 bits per heavy atom. The van der Waals surface area contributed by atoms with Crippen molar-refractivity contribution in [1.29, 1.82) is 0 Å². The summed E-state index contributed by atoms with van der Waals surface area (Å²) in [5.41, 5.74) is 7.07. The smallest absolute Gasteiger partial charge is 0.255 e. The zero-order valence-corrected chi connectivity index (χ0v) is 12.3. The van der Waals surface area contributed by atoms with Crippen molar-refractivity contribution in [3.05, 3.63) is 46.7 Å². The molecule has 5 nitrogen and oxygen atoms in total. The Hall–Kier alpha value is -2.29. The van der Waals surface area contributed by atoms with E-state index in [0.29, 0.717) is 21.8 Å². The van der Waals surface area contributed by atoms with Gasteiger partial charge in [0.1, 0.15) is 0 Å². The molecular formula is C15H15ClN4O. The number of hydrogen-bond donors (Lipinski definition) is 2. The largest absolute Gasteiger partial charge is 0.320 e. The minimum Gasteiger partial charge on any atom is -0.320 e. The number of amides is 1. The van der Waals surface area contributed by atoms with Crippen molar-refractivity contribution in [3.8, 4) is 11.8 Å². The van der Waals surface area contributed by atoms with Gasteiger partial charge in [-0.2, -0.15) is 5.10 Å². The molecule has 108 valence electrons. The highest BCUT2D eigenvalue weighted by atomic mass is 35.5. The van der Waals surface area contributed by atoms with Crippen molar-refractivity contribution >= 4 is 23.2 Å². The van der Waals surface area contributed by atoms with E-state index in [1.807, 2.05) is 6.92 Å². The van der Waals surface area contributed by atoms with Gasteiger partial charge in [0.15, 0.2) is 0 Å². The normalized spacial score (nSPS) is 9.86. The van der Waals surface area contributed by atoms with Crippen molar-refractivity contribution in [3.63, 3.8) is 0 Å². The lowest BCUT2D eigenvalue weighted by atomic mass is 10.1. The summed E-state index contributed by atoms with van der Waals surface area (Å²) in [5, 5.41) is 7.28. The number of nitrogens with one attached hydrogen (secondary N) is 1. The van der Waals surface area contributed by atoms with Gasteiger partial charge in [-0.1, -0.05) is 23.4 Å². The fraction of sp³-hybridized carbons (Fsp3) is 0.200. The third-order valence-corrected chi connectivity index (χ3v) is 3.08. The Bertz CT molecular complexity index is 712. The number of halogens is 1. The van der Waals surface area contributed by atoms with Gasteiger partial charge in [0.25, 0.3) is 5.91 Å². The molecule has 21 heavy (non-hydrogen) atoms. The molecule has 0 saturated heterocycles. The molecule has 0 fully saturated rings. The number of benzene rings is 1. The van der Waals surface area contributed by atoms with Crippen molar-refractivity contribution in [1.82, 2.24) is 9.78 Å². The lowest BCUT2D eigenvalue weighted by Gasteiger charge is -2.04. The van der Waals surface area contributed by atoms with Crippen molar-refractivity contribution in [2.24, 2.45) is 5.73 Å². The Morgan fingerprint density at radius 1 is 1.52 bits per heavy atom. The van der Waals surface area contributed by atoms with Gasteiger partial charge in [-0.25, -0.2) is 0 Å². The number of nitrogens with two attached hydrogens (primary N) is 1. The summed E-state index contributed by atoms with van der Waals surface area (Å²) >= 11 is 6.10. The summed E-state index contributed by atoms with van der Waals surface area (Å²) in [5.74, 6) is 5.33. The third-order valence-electron chi connectivity index (χ3n) is 2.77. The molecule has 0 aliphatic heterocycles. The molecule has 0 saturated carbocycles. The first-order chi connectivity index (χ1) is 10.1. The number of hydrogen-bond acceptors (Lipinski definition) is 3. The van der Waals surface area contributed by atoms with Crippen LogP contribution in [0.1, 0.15) is 22.8 Å². The molecule has 0 atom stereocenters. The van der Waals surface area contributed by atoms with E-state index in [2.05, 4.69) is 22.3 Å². The van der Waals surface area contributed by atoms with Gasteiger partial charge in [-0.3, -0.25) is 9.48 Å². The first kappa shape index (κ1) is 15.1. The van der Waals surface area contributed by atoms with Crippen LogP contribution < -0.4 is 11.1 Å². The Morgan fingerprint density at radius 2 is 2.33 bits per heavy atom. The SMILES string of the molecule is CCn1cc(NC(=O)c2ccc(C#CCN)c(Cl)c2)cn1. The Balaban J connectivity index is 2.14. The fourth-order valence-corrected chi connectivity index (χ4v) is 1.94. The summed E-state index contributed by atoms with van der Waals surface area (Å²) in [6, 6.07) is 4.96. The zero-order valence-electron chi connectivity index (χ0n) is 11.6. The van der Waals surface area contributed by atoms with Gasteiger partial charge < -0.3 is 11.1 Å². The van der Waals surface area contributed by atoms with E-state index in [0.717, 1.165) is 6.54 Å². The molecule has 0 aliphatic carbocycles. The molecule has 2 rings (SSSR count). The summed E-state index contributed by atoms with van der Waals surface area (Å²) in [4.78, 5) is 12.1. The average Bonchev–Trinajstić information content (AvgIpc) is 2.93. The van der Waals surface area contributed by atoms with Gasteiger partial charge in [-0.05, 0) is 25.1 Å². The third kappa shape index (κ3) is 3.85. The lowest BCUT2D eigenvalue weighted by molar-refractivity contribution is 0.102. The highest BCUT2D eigenvalue weighted by Gasteiger charge is 2.09. The van der Waals surface area contributed by atoms with Crippen LogP contribution in [0.4, 0.5) is 5.69 Å². The standard InChI is InChI=1S/C15H15ClN4O/c1-2-20-10-13(9-18-20)19-15(21)12-6-5-11(4-3-7-17)14(16)8-12/h5-6,8-10H,2,7,17H2,1H3,(H,19,21). The summed E-state index contributed by atoms with van der Waals surface area (Å²) in [6.45, 7) is 2.98. The van der Waals surface area contributed by atoms with E-state index in [4.69, 9.17) is 17.3 Å². The van der Waals surface area contributed by atoms with Crippen LogP contribution >= 0.6 is 11.6 Å². The minimum absolute atomic E-state index is 0.245. The van der Waals surface area contributed by atoms with Gasteiger partial charge in [-0.15, -0.1) is 0 Å². The fourth-order valence-electron chi connectivity index (χ4n) is 1.71. The topological polar surface area (TPSA) is 72.9 Å². The number of anilines is 1. The lowest BCUT2D eigenvalue weighted by Crippen LogP contribution is -2.11. The molecule has 1 aromatic carbocycles. The van der Waals surface area contributed by atoms with E-state index in [-0.39, 0.29) is 12.5 Å². The molecule has 0 bridgehead atoms. The molecule has 6 heteroatoms. The number of rotatable bonds is 3. The van der Waals surface area contributed by atoms with Crippen molar-refractivity contribution in [2.45, 2.75) is 13.5 Å². The summed E-state index contributed by atoms with van der Waals surface area (Å²) in [7, 11) is 0. The van der Waals surface area contributed by atoms with Crippen LogP contribution in [-0.2, 0) is 6.54 Å². The van der Waals surface area contributed by atoms with Gasteiger partial charge >= 0.3 is 0 Å². The van der Waals surface area contributed by atoms with Crippen LogP contribution in [0.2, 0.25) is 5.02 Å². The van der Waals surface area contributed by atoms with E-state index in [1.165, 1.54) is 0 Å². The van der Waals surface area contributed by atoms with Crippen molar-refractivity contribution < 1.29 is 4.79 Å². The number of aromatic nitrogens is 2. The molecule has 0 aliphatic rings. The van der Waals surface area contributed by atoms with Crippen LogP contribution in [0.25, 0.3) is 0 Å². The first-order valence-corrected chi connectivity index (χ1v) is 6.84. The molecule has 3 N–H and O–H groups in total. The molecule has 1 aromatic heterocycles. The van der Waals surface area contributed by atoms with E-state index in [9.17, 15) is 4.79 Å². The van der Waals surface area contributed by atoms with E-state index >= 15 is 0 Å². The van der Waals surface area contributed by atoms with Gasteiger partial charge in [0.05, 0.1) is 23.5 Å². The number of carbonyl (C=O) groups excluding carboxylic acids is 1. The molecule has 2 aromatic rings. The highest BCUT2D eigenvalue weighted by molar-refractivity contribution is 6.32. The number of nitrogens with zero attached hydrogens (tertiary/aromatic N) is 2. The summed E-state index contributed by atoms with van der Waals surface area (Å²) in [6.07, 6.45) is 3.37. The monoisotopic (exact) mass is 302 g/mol. The van der Waals surface area contributed by atoms with Gasteiger partial charge in [0, 0.05) is 23.9 Å². The second kappa shape index (κ2) is 6.93. The van der Waals surface area contributed by atoms with Crippen LogP contribution in [0.5, 0.6) is 0 Å². The number of aryl methyl sites for hydroxylation is 1. The second-order valence-electron chi connectivity index (χ2n) is 4.24. The van der Waals surface area contributed by atoms with E-state index in [1.54, 1.807) is 35.3 Å².